The van der Waals surface area contributed by atoms with Crippen molar-refractivity contribution >= 4 is 27.7 Å². The topological polar surface area (TPSA) is 104 Å². The van der Waals surface area contributed by atoms with Gasteiger partial charge in [0.25, 0.3) is 10.0 Å². The van der Waals surface area contributed by atoms with E-state index in [0.717, 1.165) is 60.4 Å². The molecule has 0 bridgehead atoms. The summed E-state index contributed by atoms with van der Waals surface area (Å²) in [6.07, 6.45) is 11.8. The van der Waals surface area contributed by atoms with E-state index in [-0.39, 0.29) is 23.5 Å². The van der Waals surface area contributed by atoms with E-state index in [4.69, 9.17) is 4.74 Å². The zero-order valence-corrected chi connectivity index (χ0v) is 27.2. The van der Waals surface area contributed by atoms with Gasteiger partial charge in [-0.05, 0) is 124 Å². The molecule has 0 spiro atoms. The molecule has 9 heteroatoms. The van der Waals surface area contributed by atoms with Gasteiger partial charge in [-0.15, -0.1) is 0 Å². The second kappa shape index (κ2) is 12.2. The van der Waals surface area contributed by atoms with Crippen molar-refractivity contribution in [2.24, 2.45) is 0 Å². The maximum atomic E-state index is 14.1. The summed E-state index contributed by atoms with van der Waals surface area (Å²) in [6, 6.07) is 12.5. The summed E-state index contributed by atoms with van der Waals surface area (Å²) in [5, 5.41) is 9.84. The molecule has 0 aromatic heterocycles. The van der Waals surface area contributed by atoms with Crippen LogP contribution in [0.4, 0.5) is 4.79 Å². The number of carbonyl (C=O) groups is 2. The molecule has 2 aliphatic heterocycles. The van der Waals surface area contributed by atoms with Crippen molar-refractivity contribution in [2.75, 3.05) is 13.1 Å². The first kappa shape index (κ1) is 31.1. The van der Waals surface area contributed by atoms with E-state index < -0.39 is 28.1 Å². The highest BCUT2D eigenvalue weighted by atomic mass is 32.2. The second-order valence-corrected chi connectivity index (χ2v) is 15.3. The van der Waals surface area contributed by atoms with E-state index in [2.05, 4.69) is 36.4 Å². The lowest BCUT2D eigenvalue weighted by molar-refractivity contribution is -0.136. The number of aliphatic carboxylic acids is 1. The van der Waals surface area contributed by atoms with E-state index in [1.807, 2.05) is 26.8 Å². The van der Waals surface area contributed by atoms with E-state index in [1.165, 1.54) is 27.8 Å². The van der Waals surface area contributed by atoms with E-state index in [9.17, 15) is 23.1 Å². The van der Waals surface area contributed by atoms with Crippen LogP contribution < -0.4 is 0 Å². The molecule has 8 nitrogen and oxygen atoms in total. The third kappa shape index (κ3) is 6.19. The minimum atomic E-state index is -4.12. The maximum absolute atomic E-state index is 14.1. The lowest BCUT2D eigenvalue weighted by Gasteiger charge is -2.37. The predicted octanol–water partition coefficient (Wildman–Crippen LogP) is 6.85. The molecule has 1 unspecified atom stereocenters. The Morgan fingerprint density at radius 2 is 1.71 bits per heavy atom. The van der Waals surface area contributed by atoms with Gasteiger partial charge in [0.2, 0.25) is 0 Å². The molecular formula is C36H42N2O6S. The first-order chi connectivity index (χ1) is 21.4. The zero-order valence-electron chi connectivity index (χ0n) is 26.3. The number of likely N-dealkylation sites (tertiary alicyclic amines) is 1. The number of hydrogen-bond acceptors (Lipinski definition) is 5. The van der Waals surface area contributed by atoms with Gasteiger partial charge in [0.05, 0.1) is 10.6 Å². The molecule has 1 saturated heterocycles. The lowest BCUT2D eigenvalue weighted by Crippen LogP contribution is -2.46. The van der Waals surface area contributed by atoms with Gasteiger partial charge in [-0.25, -0.2) is 13.2 Å². The Labute approximate surface area is 266 Å². The Bertz CT molecular complexity index is 1730. The third-order valence-electron chi connectivity index (χ3n) is 9.27. The standard InChI is InChI=1S/C36H42N2O6S/c1-36(2,3)44-35(41)37-22-7-6-10-25(37)15-16-26-17-21-33(38(23-34(39)40)45(26,42)43)32-13-8-12-28-30-18-14-24-9-4-5-11-27(24)29(30)19-20-31(28)32/h4-5,9,11,13,17,19-21,25H,6-8,10,12,14-16,18,22-23H2,1-3H3,(H,39,40). The van der Waals surface area contributed by atoms with Crippen molar-refractivity contribution < 1.29 is 27.9 Å². The van der Waals surface area contributed by atoms with Crippen LogP contribution in [-0.4, -0.2) is 59.5 Å². The smallest absolute Gasteiger partial charge is 0.410 e. The van der Waals surface area contributed by atoms with Gasteiger partial charge in [0.15, 0.2) is 0 Å². The zero-order chi connectivity index (χ0) is 31.9. The van der Waals surface area contributed by atoms with Crippen LogP contribution in [0.5, 0.6) is 0 Å². The molecule has 4 aliphatic rings. The highest BCUT2D eigenvalue weighted by molar-refractivity contribution is 7.93. The highest BCUT2D eigenvalue weighted by Gasteiger charge is 2.37. The molecule has 2 heterocycles. The van der Waals surface area contributed by atoms with Crippen molar-refractivity contribution in [1.29, 1.82) is 0 Å². The van der Waals surface area contributed by atoms with Gasteiger partial charge in [0, 0.05) is 18.2 Å². The van der Waals surface area contributed by atoms with Crippen molar-refractivity contribution in [1.82, 2.24) is 9.21 Å². The Morgan fingerprint density at radius 3 is 2.49 bits per heavy atom. The molecule has 0 radical (unpaired) electrons. The number of allylic oxidation sites excluding steroid dienone is 5. The summed E-state index contributed by atoms with van der Waals surface area (Å²) in [5.74, 6) is -1.22. The molecule has 238 valence electrons. The molecule has 2 aromatic carbocycles. The number of carboxylic acids is 1. The van der Waals surface area contributed by atoms with Crippen molar-refractivity contribution in [3.63, 3.8) is 0 Å². The number of ether oxygens (including phenoxy) is 1. The summed E-state index contributed by atoms with van der Waals surface area (Å²) < 4.78 is 34.9. The molecule has 1 amide bonds. The number of sulfonamides is 1. The molecule has 2 aliphatic carbocycles. The minimum absolute atomic E-state index is 0.146. The first-order valence-electron chi connectivity index (χ1n) is 16.0. The average molecular weight is 631 g/mol. The van der Waals surface area contributed by atoms with Gasteiger partial charge in [0.1, 0.15) is 12.1 Å². The number of amides is 1. The van der Waals surface area contributed by atoms with Crippen LogP contribution in [0.1, 0.15) is 81.5 Å². The fraction of sp³-hybridized carbons (Fsp3) is 0.444. The molecule has 1 fully saturated rings. The average Bonchev–Trinajstić information content (AvgIpc) is 3.00. The maximum Gasteiger partial charge on any atom is 0.410 e. The number of aryl methyl sites for hydroxylation is 1. The number of nitrogens with zero attached hydrogens (tertiary/aromatic N) is 2. The monoisotopic (exact) mass is 630 g/mol. The molecule has 2 aromatic rings. The number of fused-ring (bicyclic) bond motifs is 5. The van der Waals surface area contributed by atoms with Crippen molar-refractivity contribution in [3.8, 4) is 11.1 Å². The summed E-state index contributed by atoms with van der Waals surface area (Å²) in [7, 11) is -4.12. The number of carbonyl (C=O) groups excluding carboxylic acids is 1. The molecule has 1 N–H and O–H groups in total. The van der Waals surface area contributed by atoms with Gasteiger partial charge in [-0.1, -0.05) is 42.5 Å². The number of piperidine rings is 1. The van der Waals surface area contributed by atoms with Crippen molar-refractivity contribution in [3.05, 3.63) is 87.5 Å². The minimum Gasteiger partial charge on any atom is -0.480 e. The van der Waals surface area contributed by atoms with Gasteiger partial charge in [-0.3, -0.25) is 9.10 Å². The molecule has 6 rings (SSSR count). The SMILES string of the molecule is CC(C)(C)OC(=O)N1CCCCC1CCC1=CC=C(C2=CCCc3c2ccc2c3CCc3ccccc3-2)N(CC(=O)O)S1(=O)=O. The lowest BCUT2D eigenvalue weighted by atomic mass is 9.77. The van der Waals surface area contributed by atoms with Gasteiger partial charge in [-0.2, -0.15) is 0 Å². The van der Waals surface area contributed by atoms with E-state index in [0.29, 0.717) is 18.7 Å². The highest BCUT2D eigenvalue weighted by Crippen LogP contribution is 2.44. The first-order valence-corrected chi connectivity index (χ1v) is 17.5. The van der Waals surface area contributed by atoms with Crippen molar-refractivity contribution in [2.45, 2.75) is 90.2 Å². The van der Waals surface area contributed by atoms with Crippen LogP contribution in [0.15, 0.2) is 65.2 Å². The van der Waals surface area contributed by atoms with Crippen LogP contribution in [-0.2, 0) is 38.8 Å². The fourth-order valence-electron chi connectivity index (χ4n) is 7.25. The molecule has 45 heavy (non-hydrogen) atoms. The number of carboxylic acid groups (broad SMARTS) is 1. The van der Waals surface area contributed by atoms with Gasteiger partial charge >= 0.3 is 12.1 Å². The van der Waals surface area contributed by atoms with E-state index >= 15 is 0 Å². The largest absolute Gasteiger partial charge is 0.480 e. The Morgan fingerprint density at radius 1 is 0.956 bits per heavy atom. The normalized spacial score (nSPS) is 20.6. The Kier molecular flexibility index (Phi) is 8.41. The van der Waals surface area contributed by atoms with Crippen LogP contribution in [0.2, 0.25) is 0 Å². The van der Waals surface area contributed by atoms with Crippen LogP contribution >= 0.6 is 0 Å². The van der Waals surface area contributed by atoms with Crippen LogP contribution in [0.3, 0.4) is 0 Å². The number of hydrogen-bond donors (Lipinski definition) is 1. The van der Waals surface area contributed by atoms with Gasteiger partial charge < -0.3 is 14.7 Å². The van der Waals surface area contributed by atoms with Crippen LogP contribution in [0.25, 0.3) is 16.7 Å². The fourth-order valence-corrected chi connectivity index (χ4v) is 8.85. The molecule has 1 atom stereocenters. The second-order valence-electron chi connectivity index (χ2n) is 13.4. The van der Waals surface area contributed by atoms with Crippen LogP contribution in [0, 0.1) is 0 Å². The summed E-state index contributed by atoms with van der Waals surface area (Å²) in [4.78, 5) is 26.9. The predicted molar refractivity (Wildman–Crippen MR) is 175 cm³/mol. The number of benzene rings is 2. The summed E-state index contributed by atoms with van der Waals surface area (Å²) in [6.45, 7) is 5.40. The molecule has 0 saturated carbocycles. The Balaban J connectivity index is 1.31. The number of rotatable bonds is 6. The summed E-state index contributed by atoms with van der Waals surface area (Å²) >= 11 is 0. The summed E-state index contributed by atoms with van der Waals surface area (Å²) in [5.41, 5.74) is 7.86. The third-order valence-corrected chi connectivity index (χ3v) is 11.2. The quantitative estimate of drug-likeness (QED) is 0.375. The Hall–Kier alpha value is -3.85. The molecular weight excluding hydrogens is 588 g/mol. The van der Waals surface area contributed by atoms with E-state index in [1.54, 1.807) is 17.1 Å².